The normalized spacial score (nSPS) is 13.8. The summed E-state index contributed by atoms with van der Waals surface area (Å²) in [5.74, 6) is -1.28. The van der Waals surface area contributed by atoms with Crippen LogP contribution in [0.3, 0.4) is 0 Å². The van der Waals surface area contributed by atoms with E-state index in [4.69, 9.17) is 0 Å². The fraction of sp³-hybridized carbons (Fsp3) is 0.316. The van der Waals surface area contributed by atoms with Crippen LogP contribution in [0.25, 0.3) is 0 Å². The van der Waals surface area contributed by atoms with E-state index in [0.29, 0.717) is 12.2 Å². The van der Waals surface area contributed by atoms with Crippen LogP contribution in [0.4, 0.5) is 5.69 Å². The number of hydrogen-bond donors (Lipinski definition) is 2. The average molecular weight is 338 g/mol. The molecule has 0 unspecified atom stereocenters. The third kappa shape index (κ3) is 4.87. The Morgan fingerprint density at radius 2 is 1.92 bits per heavy atom. The number of amides is 2. The Balaban J connectivity index is 1.36. The van der Waals surface area contributed by atoms with Crippen molar-refractivity contribution in [2.24, 2.45) is 0 Å². The van der Waals surface area contributed by atoms with Gasteiger partial charge in [-0.05, 0) is 36.1 Å². The second-order valence-electron chi connectivity index (χ2n) is 6.10. The third-order valence-electron chi connectivity index (χ3n) is 4.27. The van der Waals surface area contributed by atoms with Crippen molar-refractivity contribution in [3.63, 3.8) is 0 Å². The van der Waals surface area contributed by atoms with Gasteiger partial charge in [0.2, 0.25) is 0 Å². The van der Waals surface area contributed by atoms with Gasteiger partial charge in [-0.25, -0.2) is 0 Å². The lowest BCUT2D eigenvalue weighted by atomic mass is 10.00. The topological polar surface area (TPSA) is 74.3 Å². The highest BCUT2D eigenvalue weighted by Crippen LogP contribution is 2.18. The van der Waals surface area contributed by atoms with Crippen molar-refractivity contribution in [1.29, 1.82) is 0 Å². The van der Waals surface area contributed by atoms with E-state index in [2.05, 4.69) is 44.8 Å². The molecule has 2 heterocycles. The molecule has 1 aromatic heterocycles. The Hall–Kier alpha value is -2.73. The molecule has 25 heavy (non-hydrogen) atoms. The first-order valence-electron chi connectivity index (χ1n) is 8.51. The van der Waals surface area contributed by atoms with E-state index >= 15 is 0 Å². The smallest absolute Gasteiger partial charge is 0.313 e. The van der Waals surface area contributed by atoms with Crippen molar-refractivity contribution < 1.29 is 9.59 Å². The molecule has 6 heteroatoms. The first kappa shape index (κ1) is 17.1. The number of benzene rings is 1. The summed E-state index contributed by atoms with van der Waals surface area (Å²) in [6.07, 6.45) is 4.98. The third-order valence-corrected chi connectivity index (χ3v) is 4.27. The van der Waals surface area contributed by atoms with E-state index in [1.807, 2.05) is 0 Å². The average Bonchev–Trinajstić information content (AvgIpc) is 2.65. The van der Waals surface area contributed by atoms with Gasteiger partial charge in [0.05, 0.1) is 11.9 Å². The van der Waals surface area contributed by atoms with E-state index in [-0.39, 0.29) is 0 Å². The molecule has 2 aromatic rings. The molecule has 0 atom stereocenters. The van der Waals surface area contributed by atoms with E-state index in [0.717, 1.165) is 32.5 Å². The summed E-state index contributed by atoms with van der Waals surface area (Å²) in [6, 6.07) is 11.9. The number of carbonyl (C=O) groups is 2. The van der Waals surface area contributed by atoms with Crippen molar-refractivity contribution >= 4 is 17.5 Å². The maximum absolute atomic E-state index is 11.8. The van der Waals surface area contributed by atoms with E-state index in [1.54, 1.807) is 18.3 Å². The fourth-order valence-corrected chi connectivity index (χ4v) is 2.95. The number of nitrogens with one attached hydrogen (secondary N) is 2. The van der Waals surface area contributed by atoms with Crippen LogP contribution in [-0.4, -0.2) is 41.3 Å². The number of hydrogen-bond acceptors (Lipinski definition) is 4. The fourth-order valence-electron chi connectivity index (χ4n) is 2.95. The summed E-state index contributed by atoms with van der Waals surface area (Å²) in [4.78, 5) is 29.9. The SMILES string of the molecule is O=C(NCCCN1CCc2ccccc2C1)C(=O)Nc1cccnc1. The summed E-state index contributed by atoms with van der Waals surface area (Å²) >= 11 is 0. The summed E-state index contributed by atoms with van der Waals surface area (Å²) in [5.41, 5.74) is 3.32. The highest BCUT2D eigenvalue weighted by molar-refractivity contribution is 6.39. The molecule has 130 valence electrons. The van der Waals surface area contributed by atoms with Crippen LogP contribution in [0.15, 0.2) is 48.8 Å². The predicted octanol–water partition coefficient (Wildman–Crippen LogP) is 1.58. The van der Waals surface area contributed by atoms with Crippen molar-refractivity contribution in [3.05, 3.63) is 59.9 Å². The number of rotatable bonds is 5. The molecule has 0 saturated carbocycles. The second kappa shape index (κ2) is 8.39. The van der Waals surface area contributed by atoms with Gasteiger partial charge in [0, 0.05) is 32.4 Å². The molecule has 0 radical (unpaired) electrons. The molecule has 2 N–H and O–H groups in total. The first-order chi connectivity index (χ1) is 12.2. The molecule has 0 spiro atoms. The van der Waals surface area contributed by atoms with Crippen LogP contribution in [0.2, 0.25) is 0 Å². The zero-order chi connectivity index (χ0) is 17.5. The number of nitrogens with zero attached hydrogens (tertiary/aromatic N) is 2. The van der Waals surface area contributed by atoms with Gasteiger partial charge in [0.1, 0.15) is 0 Å². The molecule has 0 fully saturated rings. The minimum absolute atomic E-state index is 0.484. The van der Waals surface area contributed by atoms with Gasteiger partial charge in [0.15, 0.2) is 0 Å². The van der Waals surface area contributed by atoms with E-state index < -0.39 is 11.8 Å². The molecular weight excluding hydrogens is 316 g/mol. The van der Waals surface area contributed by atoms with Gasteiger partial charge in [-0.2, -0.15) is 0 Å². The number of carbonyl (C=O) groups excluding carboxylic acids is 2. The maximum Gasteiger partial charge on any atom is 0.313 e. The van der Waals surface area contributed by atoms with Crippen LogP contribution in [-0.2, 0) is 22.6 Å². The molecule has 6 nitrogen and oxygen atoms in total. The Kier molecular flexibility index (Phi) is 5.74. The van der Waals surface area contributed by atoms with Crippen LogP contribution in [0, 0.1) is 0 Å². The highest BCUT2D eigenvalue weighted by Gasteiger charge is 2.16. The lowest BCUT2D eigenvalue weighted by molar-refractivity contribution is -0.136. The Bertz CT molecular complexity index is 733. The lowest BCUT2D eigenvalue weighted by Gasteiger charge is -2.28. The number of aromatic nitrogens is 1. The number of anilines is 1. The van der Waals surface area contributed by atoms with Gasteiger partial charge in [-0.3, -0.25) is 19.5 Å². The molecule has 3 rings (SSSR count). The van der Waals surface area contributed by atoms with Crippen LogP contribution in [0.1, 0.15) is 17.5 Å². The summed E-state index contributed by atoms with van der Waals surface area (Å²) in [7, 11) is 0. The van der Waals surface area contributed by atoms with Crippen molar-refractivity contribution in [3.8, 4) is 0 Å². The minimum atomic E-state index is -0.667. The van der Waals surface area contributed by atoms with Crippen molar-refractivity contribution in [2.75, 3.05) is 25.0 Å². The van der Waals surface area contributed by atoms with Gasteiger partial charge in [-0.1, -0.05) is 24.3 Å². The molecule has 0 saturated heterocycles. The van der Waals surface area contributed by atoms with Crippen LogP contribution < -0.4 is 10.6 Å². The quantitative estimate of drug-likeness (QED) is 0.641. The summed E-state index contributed by atoms with van der Waals surface area (Å²) in [5, 5.41) is 5.18. The molecular formula is C19H22N4O2. The zero-order valence-electron chi connectivity index (χ0n) is 14.1. The van der Waals surface area contributed by atoms with Crippen LogP contribution in [0.5, 0.6) is 0 Å². The molecule has 1 aromatic carbocycles. The second-order valence-corrected chi connectivity index (χ2v) is 6.10. The molecule has 2 amide bonds. The molecule has 0 aliphatic carbocycles. The Labute approximate surface area is 147 Å². The summed E-state index contributed by atoms with van der Waals surface area (Å²) in [6.45, 7) is 3.37. The van der Waals surface area contributed by atoms with Gasteiger partial charge in [0.25, 0.3) is 0 Å². The zero-order valence-corrected chi connectivity index (χ0v) is 14.1. The number of pyridine rings is 1. The Morgan fingerprint density at radius 3 is 2.72 bits per heavy atom. The molecule has 0 bridgehead atoms. The lowest BCUT2D eigenvalue weighted by Crippen LogP contribution is -2.38. The van der Waals surface area contributed by atoms with Gasteiger partial charge < -0.3 is 10.6 Å². The molecule has 1 aliphatic heterocycles. The standard InChI is InChI=1S/C19H22N4O2/c24-18(19(25)22-17-7-3-9-20-13-17)21-10-4-11-23-12-8-15-5-1-2-6-16(15)14-23/h1-3,5-7,9,13H,4,8,10-12,14H2,(H,21,24)(H,22,25). The Morgan fingerprint density at radius 1 is 1.08 bits per heavy atom. The van der Waals surface area contributed by atoms with Gasteiger partial charge >= 0.3 is 11.8 Å². The van der Waals surface area contributed by atoms with E-state index in [9.17, 15) is 9.59 Å². The van der Waals surface area contributed by atoms with Crippen LogP contribution >= 0.6 is 0 Å². The first-order valence-corrected chi connectivity index (χ1v) is 8.51. The molecule has 1 aliphatic rings. The monoisotopic (exact) mass is 338 g/mol. The predicted molar refractivity (Wildman–Crippen MR) is 95.9 cm³/mol. The van der Waals surface area contributed by atoms with Gasteiger partial charge in [-0.15, -0.1) is 0 Å². The van der Waals surface area contributed by atoms with Crippen molar-refractivity contribution in [1.82, 2.24) is 15.2 Å². The van der Waals surface area contributed by atoms with E-state index in [1.165, 1.54) is 17.3 Å². The minimum Gasteiger partial charge on any atom is -0.348 e. The van der Waals surface area contributed by atoms with Crippen molar-refractivity contribution in [2.45, 2.75) is 19.4 Å². The highest BCUT2D eigenvalue weighted by atomic mass is 16.2. The largest absolute Gasteiger partial charge is 0.348 e. The number of fused-ring (bicyclic) bond motifs is 1. The maximum atomic E-state index is 11.8. The summed E-state index contributed by atoms with van der Waals surface area (Å²) < 4.78 is 0.